The van der Waals surface area contributed by atoms with Gasteiger partial charge in [0.15, 0.2) is 0 Å². The molecule has 0 fully saturated rings. The summed E-state index contributed by atoms with van der Waals surface area (Å²) < 4.78 is 42.7. The second-order valence-corrected chi connectivity index (χ2v) is 12.2. The molecular formula is C32H40FN3O4S. The molecule has 3 rings (SSSR count). The summed E-state index contributed by atoms with van der Waals surface area (Å²) in [7, 11) is -4.15. The summed E-state index contributed by atoms with van der Waals surface area (Å²) in [4.78, 5) is 28.8. The molecule has 0 unspecified atom stereocenters. The van der Waals surface area contributed by atoms with E-state index in [-0.39, 0.29) is 17.3 Å². The largest absolute Gasteiger partial charge is 0.354 e. The smallest absolute Gasteiger partial charge is 0.264 e. The topological polar surface area (TPSA) is 86.8 Å². The molecule has 1 atom stereocenters. The molecule has 220 valence electrons. The number of sulfonamides is 1. The van der Waals surface area contributed by atoms with Crippen molar-refractivity contribution in [1.82, 2.24) is 10.2 Å². The average Bonchev–Trinajstić information content (AvgIpc) is 2.92. The maximum Gasteiger partial charge on any atom is 0.264 e. The van der Waals surface area contributed by atoms with Gasteiger partial charge >= 0.3 is 0 Å². The van der Waals surface area contributed by atoms with Gasteiger partial charge in [-0.25, -0.2) is 12.8 Å². The van der Waals surface area contributed by atoms with Crippen LogP contribution in [-0.2, 0) is 26.2 Å². The fourth-order valence-electron chi connectivity index (χ4n) is 4.67. The molecule has 3 aromatic carbocycles. The Hall–Kier alpha value is -3.72. The lowest BCUT2D eigenvalue weighted by Crippen LogP contribution is -2.52. The van der Waals surface area contributed by atoms with Crippen molar-refractivity contribution in [3.63, 3.8) is 0 Å². The van der Waals surface area contributed by atoms with E-state index in [1.54, 1.807) is 43.3 Å². The summed E-state index contributed by atoms with van der Waals surface area (Å²) in [6.07, 6.45) is 2.01. The van der Waals surface area contributed by atoms with Crippen LogP contribution in [0.25, 0.3) is 0 Å². The normalized spacial score (nSPS) is 12.0. The molecule has 9 heteroatoms. The van der Waals surface area contributed by atoms with E-state index in [2.05, 4.69) is 5.32 Å². The summed E-state index contributed by atoms with van der Waals surface area (Å²) in [5, 5.41) is 2.90. The maximum absolute atomic E-state index is 14.1. The molecule has 0 saturated heterocycles. The van der Waals surface area contributed by atoms with Gasteiger partial charge in [0.2, 0.25) is 11.8 Å². The zero-order valence-electron chi connectivity index (χ0n) is 24.5. The van der Waals surface area contributed by atoms with Gasteiger partial charge in [-0.15, -0.1) is 0 Å². The van der Waals surface area contributed by atoms with Crippen LogP contribution in [0.5, 0.6) is 0 Å². The number of carbonyl (C=O) groups excluding carboxylic acids is 2. The lowest BCUT2D eigenvalue weighted by Gasteiger charge is -2.33. The highest BCUT2D eigenvalue weighted by atomic mass is 32.2. The van der Waals surface area contributed by atoms with Crippen molar-refractivity contribution in [1.29, 1.82) is 0 Å². The van der Waals surface area contributed by atoms with Crippen molar-refractivity contribution < 1.29 is 22.4 Å². The van der Waals surface area contributed by atoms with Crippen LogP contribution in [0.4, 0.5) is 10.1 Å². The van der Waals surface area contributed by atoms with Crippen molar-refractivity contribution >= 4 is 27.5 Å². The second kappa shape index (κ2) is 14.3. The Morgan fingerprint density at radius 3 is 2.05 bits per heavy atom. The summed E-state index contributed by atoms with van der Waals surface area (Å²) >= 11 is 0. The minimum absolute atomic E-state index is 0.0179. The zero-order chi connectivity index (χ0) is 30.2. The van der Waals surface area contributed by atoms with Gasteiger partial charge in [-0.1, -0.05) is 56.2 Å². The molecule has 1 N–H and O–H groups in total. The zero-order valence-corrected chi connectivity index (χ0v) is 25.3. The molecule has 0 aromatic heterocycles. The number of benzene rings is 3. The van der Waals surface area contributed by atoms with E-state index in [0.29, 0.717) is 24.2 Å². The predicted molar refractivity (Wildman–Crippen MR) is 161 cm³/mol. The van der Waals surface area contributed by atoms with E-state index < -0.39 is 34.3 Å². The average molecular weight is 582 g/mol. The van der Waals surface area contributed by atoms with Gasteiger partial charge in [0, 0.05) is 13.1 Å². The molecule has 3 aromatic rings. The minimum Gasteiger partial charge on any atom is -0.354 e. The molecule has 0 aliphatic carbocycles. The van der Waals surface area contributed by atoms with Crippen molar-refractivity contribution in [3.8, 4) is 0 Å². The summed E-state index contributed by atoms with van der Waals surface area (Å²) in [5.41, 5.74) is 3.59. The van der Waals surface area contributed by atoms with Gasteiger partial charge in [0.1, 0.15) is 18.4 Å². The SMILES string of the molecule is CCCCNC(=O)[C@H](CC)N(Cc1ccc(F)cc1)C(=O)CN(c1cc(C)cc(C)c1)S(=O)(=O)c1ccc(C)cc1. The first-order chi connectivity index (χ1) is 19.5. The first-order valence-electron chi connectivity index (χ1n) is 14.0. The van der Waals surface area contributed by atoms with Crippen LogP contribution in [0.15, 0.2) is 71.6 Å². The van der Waals surface area contributed by atoms with Crippen LogP contribution in [0.2, 0.25) is 0 Å². The molecule has 7 nitrogen and oxygen atoms in total. The number of amides is 2. The molecule has 41 heavy (non-hydrogen) atoms. The van der Waals surface area contributed by atoms with E-state index in [1.807, 2.05) is 33.8 Å². The third-order valence-electron chi connectivity index (χ3n) is 6.86. The summed E-state index contributed by atoms with van der Waals surface area (Å²) in [5.74, 6) is -1.27. The van der Waals surface area contributed by atoms with E-state index >= 15 is 0 Å². The highest BCUT2D eigenvalue weighted by Gasteiger charge is 2.33. The molecule has 0 spiro atoms. The minimum atomic E-state index is -4.15. The van der Waals surface area contributed by atoms with Gasteiger partial charge in [-0.3, -0.25) is 13.9 Å². The summed E-state index contributed by atoms with van der Waals surface area (Å²) in [6, 6.07) is 16.7. The first kappa shape index (κ1) is 31.8. The van der Waals surface area contributed by atoms with Crippen LogP contribution >= 0.6 is 0 Å². The van der Waals surface area contributed by atoms with Crippen LogP contribution in [-0.4, -0.2) is 44.3 Å². The molecule has 0 bridgehead atoms. The first-order valence-corrected chi connectivity index (χ1v) is 15.4. The van der Waals surface area contributed by atoms with Crippen LogP contribution in [0.3, 0.4) is 0 Å². The Morgan fingerprint density at radius 1 is 0.878 bits per heavy atom. The van der Waals surface area contributed by atoms with Gasteiger partial charge in [0.05, 0.1) is 10.6 Å². The van der Waals surface area contributed by atoms with Crippen molar-refractivity contribution in [2.24, 2.45) is 0 Å². The summed E-state index contributed by atoms with van der Waals surface area (Å²) in [6.45, 7) is 9.40. The van der Waals surface area contributed by atoms with Crippen LogP contribution in [0, 0.1) is 26.6 Å². The standard InChI is InChI=1S/C32H40FN3O4S/c1-6-8-17-34-32(38)30(7-2)35(21-26-11-13-27(33)14-12-26)31(37)22-36(28-19-24(4)18-25(5)20-28)41(39,40)29-15-9-23(3)10-16-29/h9-16,18-20,30H,6-8,17,21-22H2,1-5H3,(H,34,38)/t30-/m0/s1. The molecule has 0 aliphatic heterocycles. The quantitative estimate of drug-likeness (QED) is 0.264. The monoisotopic (exact) mass is 581 g/mol. The van der Waals surface area contributed by atoms with Crippen LogP contribution < -0.4 is 9.62 Å². The van der Waals surface area contributed by atoms with E-state index in [9.17, 15) is 22.4 Å². The van der Waals surface area contributed by atoms with Crippen molar-refractivity contribution in [2.75, 3.05) is 17.4 Å². The highest BCUT2D eigenvalue weighted by molar-refractivity contribution is 7.92. The van der Waals surface area contributed by atoms with Gasteiger partial charge < -0.3 is 10.2 Å². The Labute approximate surface area is 243 Å². The predicted octanol–water partition coefficient (Wildman–Crippen LogP) is 5.67. The van der Waals surface area contributed by atoms with Crippen molar-refractivity contribution in [2.45, 2.75) is 71.4 Å². The lowest BCUT2D eigenvalue weighted by atomic mass is 10.1. The fourth-order valence-corrected chi connectivity index (χ4v) is 6.07. The molecule has 0 radical (unpaired) electrons. The van der Waals surface area contributed by atoms with Gasteiger partial charge in [-0.2, -0.15) is 0 Å². The van der Waals surface area contributed by atoms with E-state index in [1.165, 1.54) is 29.2 Å². The number of halogens is 1. The third kappa shape index (κ3) is 8.39. The molecule has 2 amide bonds. The Balaban J connectivity index is 2.06. The number of nitrogens with zero attached hydrogens (tertiary/aromatic N) is 2. The molecule has 0 aliphatic rings. The van der Waals surface area contributed by atoms with E-state index in [0.717, 1.165) is 33.8 Å². The van der Waals surface area contributed by atoms with Gasteiger partial charge in [0.25, 0.3) is 10.0 Å². The number of hydrogen-bond donors (Lipinski definition) is 1. The Morgan fingerprint density at radius 2 is 1.49 bits per heavy atom. The van der Waals surface area contributed by atoms with Crippen LogP contribution in [0.1, 0.15) is 55.4 Å². The fraction of sp³-hybridized carbons (Fsp3) is 0.375. The number of anilines is 1. The number of rotatable bonds is 13. The maximum atomic E-state index is 14.1. The highest BCUT2D eigenvalue weighted by Crippen LogP contribution is 2.27. The Kier molecular flexibility index (Phi) is 11.1. The van der Waals surface area contributed by atoms with Gasteiger partial charge in [-0.05, 0) is 86.7 Å². The van der Waals surface area contributed by atoms with Crippen molar-refractivity contribution in [3.05, 3.63) is 94.8 Å². The number of unbranched alkanes of at least 4 members (excludes halogenated alkanes) is 1. The number of carbonyl (C=O) groups is 2. The second-order valence-electron chi connectivity index (χ2n) is 10.4. The number of hydrogen-bond acceptors (Lipinski definition) is 4. The number of aryl methyl sites for hydroxylation is 3. The molecule has 0 saturated carbocycles. The lowest BCUT2D eigenvalue weighted by molar-refractivity contribution is -0.140. The Bertz CT molecular complexity index is 1420. The molecular weight excluding hydrogens is 541 g/mol. The number of nitrogens with one attached hydrogen (secondary N) is 1. The third-order valence-corrected chi connectivity index (χ3v) is 8.65. The molecule has 0 heterocycles. The van der Waals surface area contributed by atoms with E-state index in [4.69, 9.17) is 0 Å².